The van der Waals surface area contributed by atoms with Crippen molar-refractivity contribution in [2.24, 2.45) is 17.6 Å². The quantitative estimate of drug-likeness (QED) is 0.616. The summed E-state index contributed by atoms with van der Waals surface area (Å²) < 4.78 is 0. The second-order valence-electron chi connectivity index (χ2n) is 7.90. The van der Waals surface area contributed by atoms with Crippen LogP contribution in [-0.2, 0) is 11.2 Å². The Hall–Kier alpha value is -2.66. The lowest BCUT2D eigenvalue weighted by Gasteiger charge is -2.23. The van der Waals surface area contributed by atoms with E-state index in [0.29, 0.717) is 23.1 Å². The van der Waals surface area contributed by atoms with Crippen LogP contribution in [0.2, 0.25) is 0 Å². The van der Waals surface area contributed by atoms with E-state index in [2.05, 4.69) is 62.6 Å². The molecular formula is C23H31N3O2. The predicted octanol–water partition coefficient (Wildman–Crippen LogP) is 3.91. The van der Waals surface area contributed by atoms with Gasteiger partial charge in [-0.05, 0) is 41.5 Å². The van der Waals surface area contributed by atoms with E-state index < -0.39 is 5.91 Å². The maximum Gasteiger partial charge on any atom is 0.250 e. The summed E-state index contributed by atoms with van der Waals surface area (Å²) in [4.78, 5) is 23.9. The van der Waals surface area contributed by atoms with E-state index in [1.165, 1.54) is 5.56 Å². The molecule has 4 N–H and O–H groups in total. The molecule has 5 heteroatoms. The highest BCUT2D eigenvalue weighted by Gasteiger charge is 2.17. The van der Waals surface area contributed by atoms with Gasteiger partial charge in [0.15, 0.2) is 0 Å². The standard InChI is InChI=1S/C23H31N3O2/c1-15(2)13-17-9-11-18(12-10-17)22(16(3)4)25-14-21(27)26-20-8-6-5-7-19(20)23(24)28/h5-12,15-16,22,25H,13-14H2,1-4H3,(H2,24,28)(H,26,27). The van der Waals surface area contributed by atoms with E-state index in [4.69, 9.17) is 5.73 Å². The lowest BCUT2D eigenvalue weighted by atomic mass is 9.93. The Morgan fingerprint density at radius 1 is 0.964 bits per heavy atom. The molecule has 2 amide bonds. The molecule has 0 saturated heterocycles. The van der Waals surface area contributed by atoms with Crippen LogP contribution in [0.25, 0.3) is 0 Å². The minimum Gasteiger partial charge on any atom is -0.366 e. The Labute approximate surface area is 167 Å². The minimum atomic E-state index is -0.564. The molecule has 2 aromatic rings. The molecular weight excluding hydrogens is 350 g/mol. The number of anilines is 1. The molecule has 1 unspecified atom stereocenters. The Bertz CT molecular complexity index is 798. The van der Waals surface area contributed by atoms with E-state index in [1.807, 2.05) is 0 Å². The average molecular weight is 382 g/mol. The van der Waals surface area contributed by atoms with E-state index in [-0.39, 0.29) is 18.5 Å². The van der Waals surface area contributed by atoms with Crippen LogP contribution in [0, 0.1) is 11.8 Å². The molecule has 2 rings (SSSR count). The first-order valence-electron chi connectivity index (χ1n) is 9.78. The number of rotatable bonds is 9. The number of hydrogen-bond acceptors (Lipinski definition) is 3. The number of carbonyl (C=O) groups is 2. The van der Waals surface area contributed by atoms with Crippen molar-refractivity contribution in [2.45, 2.75) is 40.2 Å². The summed E-state index contributed by atoms with van der Waals surface area (Å²) in [6.45, 7) is 8.81. The van der Waals surface area contributed by atoms with E-state index in [0.717, 1.165) is 12.0 Å². The molecule has 28 heavy (non-hydrogen) atoms. The topological polar surface area (TPSA) is 84.2 Å². The molecule has 0 fully saturated rings. The van der Waals surface area contributed by atoms with Gasteiger partial charge in [-0.15, -0.1) is 0 Å². The number of para-hydroxylation sites is 1. The van der Waals surface area contributed by atoms with Gasteiger partial charge < -0.3 is 16.4 Å². The van der Waals surface area contributed by atoms with Gasteiger partial charge in [0.2, 0.25) is 5.91 Å². The van der Waals surface area contributed by atoms with Crippen molar-refractivity contribution in [2.75, 3.05) is 11.9 Å². The van der Waals surface area contributed by atoms with E-state index in [1.54, 1.807) is 24.3 Å². The van der Waals surface area contributed by atoms with Gasteiger partial charge in [0, 0.05) is 6.04 Å². The van der Waals surface area contributed by atoms with Crippen LogP contribution < -0.4 is 16.4 Å². The van der Waals surface area contributed by atoms with Crippen LogP contribution in [0.15, 0.2) is 48.5 Å². The molecule has 0 spiro atoms. The number of carbonyl (C=O) groups excluding carboxylic acids is 2. The fourth-order valence-corrected chi connectivity index (χ4v) is 3.27. The summed E-state index contributed by atoms with van der Waals surface area (Å²) in [5, 5.41) is 6.10. The van der Waals surface area contributed by atoms with Gasteiger partial charge >= 0.3 is 0 Å². The number of benzene rings is 2. The van der Waals surface area contributed by atoms with Crippen molar-refractivity contribution in [3.05, 3.63) is 65.2 Å². The van der Waals surface area contributed by atoms with Gasteiger partial charge in [0.05, 0.1) is 17.8 Å². The Morgan fingerprint density at radius 3 is 2.18 bits per heavy atom. The van der Waals surface area contributed by atoms with Gasteiger partial charge in [-0.25, -0.2) is 0 Å². The van der Waals surface area contributed by atoms with Crippen LogP contribution in [0.3, 0.4) is 0 Å². The summed E-state index contributed by atoms with van der Waals surface area (Å²) in [6, 6.07) is 15.4. The summed E-state index contributed by atoms with van der Waals surface area (Å²) >= 11 is 0. The van der Waals surface area contributed by atoms with Crippen LogP contribution >= 0.6 is 0 Å². The number of nitrogens with one attached hydrogen (secondary N) is 2. The Kier molecular flexibility index (Phi) is 7.76. The molecule has 2 aromatic carbocycles. The molecule has 5 nitrogen and oxygen atoms in total. The maximum absolute atomic E-state index is 12.4. The predicted molar refractivity (Wildman–Crippen MR) is 114 cm³/mol. The van der Waals surface area contributed by atoms with Crippen molar-refractivity contribution in [3.8, 4) is 0 Å². The molecule has 0 aliphatic carbocycles. The molecule has 0 saturated carbocycles. The molecule has 0 aliphatic rings. The van der Waals surface area contributed by atoms with Gasteiger partial charge in [-0.2, -0.15) is 0 Å². The van der Waals surface area contributed by atoms with Crippen LogP contribution in [0.1, 0.15) is 55.2 Å². The van der Waals surface area contributed by atoms with Crippen molar-refractivity contribution >= 4 is 17.5 Å². The summed E-state index contributed by atoms with van der Waals surface area (Å²) in [5.41, 5.74) is 8.58. The number of hydrogen-bond donors (Lipinski definition) is 3. The van der Waals surface area contributed by atoms with Gasteiger partial charge in [-0.1, -0.05) is 64.1 Å². The Balaban J connectivity index is 2.01. The lowest BCUT2D eigenvalue weighted by Crippen LogP contribution is -2.34. The molecule has 150 valence electrons. The smallest absolute Gasteiger partial charge is 0.250 e. The van der Waals surface area contributed by atoms with Gasteiger partial charge in [-0.3, -0.25) is 9.59 Å². The molecule has 0 heterocycles. The van der Waals surface area contributed by atoms with Crippen molar-refractivity contribution in [3.63, 3.8) is 0 Å². The maximum atomic E-state index is 12.4. The highest BCUT2D eigenvalue weighted by Crippen LogP contribution is 2.23. The zero-order valence-electron chi connectivity index (χ0n) is 17.2. The highest BCUT2D eigenvalue weighted by atomic mass is 16.2. The lowest BCUT2D eigenvalue weighted by molar-refractivity contribution is -0.115. The Morgan fingerprint density at radius 2 is 1.61 bits per heavy atom. The third-order valence-electron chi connectivity index (χ3n) is 4.60. The van der Waals surface area contributed by atoms with Crippen molar-refractivity contribution in [1.29, 1.82) is 0 Å². The first kappa shape index (κ1) is 21.6. The zero-order chi connectivity index (χ0) is 20.7. The highest BCUT2D eigenvalue weighted by molar-refractivity contribution is 6.03. The van der Waals surface area contributed by atoms with Crippen molar-refractivity contribution < 1.29 is 9.59 Å². The minimum absolute atomic E-state index is 0.0604. The third kappa shape index (κ3) is 6.20. The van der Waals surface area contributed by atoms with E-state index in [9.17, 15) is 9.59 Å². The molecule has 0 bridgehead atoms. The second-order valence-corrected chi connectivity index (χ2v) is 7.90. The summed E-state index contributed by atoms with van der Waals surface area (Å²) in [6.07, 6.45) is 1.06. The normalized spacial score (nSPS) is 12.2. The average Bonchev–Trinajstić information content (AvgIpc) is 2.62. The van der Waals surface area contributed by atoms with E-state index >= 15 is 0 Å². The van der Waals surface area contributed by atoms with Crippen LogP contribution in [-0.4, -0.2) is 18.4 Å². The number of primary amides is 1. The monoisotopic (exact) mass is 381 g/mol. The van der Waals surface area contributed by atoms with Crippen LogP contribution in [0.4, 0.5) is 5.69 Å². The first-order chi connectivity index (χ1) is 13.3. The second kappa shape index (κ2) is 10.0. The summed E-state index contributed by atoms with van der Waals surface area (Å²) in [5.74, 6) is 0.166. The number of amides is 2. The largest absolute Gasteiger partial charge is 0.366 e. The molecule has 0 aromatic heterocycles. The van der Waals surface area contributed by atoms with Gasteiger partial charge in [0.1, 0.15) is 0 Å². The van der Waals surface area contributed by atoms with Crippen LogP contribution in [0.5, 0.6) is 0 Å². The van der Waals surface area contributed by atoms with Gasteiger partial charge in [0.25, 0.3) is 5.91 Å². The molecule has 1 atom stereocenters. The SMILES string of the molecule is CC(C)Cc1ccc(C(NCC(=O)Nc2ccccc2C(N)=O)C(C)C)cc1. The van der Waals surface area contributed by atoms with Crippen molar-refractivity contribution in [1.82, 2.24) is 5.32 Å². The molecule has 0 radical (unpaired) electrons. The number of nitrogens with two attached hydrogens (primary N) is 1. The molecule has 0 aliphatic heterocycles. The zero-order valence-corrected chi connectivity index (χ0v) is 17.2. The first-order valence-corrected chi connectivity index (χ1v) is 9.78. The summed E-state index contributed by atoms with van der Waals surface area (Å²) in [7, 11) is 0. The fraction of sp³-hybridized carbons (Fsp3) is 0.391. The third-order valence-corrected chi connectivity index (χ3v) is 4.60. The fourth-order valence-electron chi connectivity index (χ4n) is 3.27.